The van der Waals surface area contributed by atoms with Crippen LogP contribution in [0.3, 0.4) is 0 Å². The molecule has 0 saturated heterocycles. The molecule has 0 bridgehead atoms. The van der Waals surface area contributed by atoms with E-state index in [9.17, 15) is 0 Å². The summed E-state index contributed by atoms with van der Waals surface area (Å²) < 4.78 is 12.7. The molecule has 2 heterocycles. The maximum Gasteiger partial charge on any atom is 0.151 e. The highest BCUT2D eigenvalue weighted by Gasteiger charge is 2.46. The molecule has 0 radical (unpaired) electrons. The SMILES string of the molecule is CC1(C)c2cc(C=Cc3ccc4c(c3)C3(CCCC3)c3cc(N5c6ccccc6Oc6ccccc65)ccc3-4)ccc2-c2ccc(N3c4ccccc4Oc4ccccc43)cc21. The van der Waals surface area contributed by atoms with Gasteiger partial charge in [0.1, 0.15) is 0 Å². The molecular weight excluding hydrogens is 757 g/mol. The minimum absolute atomic E-state index is 0.0173. The quantitative estimate of drug-likeness (QED) is 0.166. The molecule has 4 heteroatoms. The van der Waals surface area contributed by atoms with Crippen LogP contribution in [-0.2, 0) is 10.8 Å². The lowest BCUT2D eigenvalue weighted by Gasteiger charge is -2.34. The Hall–Kier alpha value is -7.30. The average molecular weight is 801 g/mol. The van der Waals surface area contributed by atoms with E-state index in [1.807, 2.05) is 12.1 Å². The summed E-state index contributed by atoms with van der Waals surface area (Å²) in [4.78, 5) is 4.72. The van der Waals surface area contributed by atoms with Crippen LogP contribution >= 0.6 is 0 Å². The molecule has 1 fully saturated rings. The number of ether oxygens (including phenoxy) is 2. The van der Waals surface area contributed by atoms with Crippen molar-refractivity contribution in [3.63, 3.8) is 0 Å². The second-order valence-electron chi connectivity index (χ2n) is 18.1. The maximum absolute atomic E-state index is 6.37. The van der Waals surface area contributed by atoms with Gasteiger partial charge in [0.2, 0.25) is 0 Å². The molecule has 0 atom stereocenters. The molecule has 0 N–H and O–H groups in total. The second-order valence-corrected chi connectivity index (χ2v) is 18.1. The fourth-order valence-electron chi connectivity index (χ4n) is 11.4. The number of hydrogen-bond donors (Lipinski definition) is 0. The molecule has 1 spiro atoms. The van der Waals surface area contributed by atoms with Crippen LogP contribution in [0, 0.1) is 0 Å². The van der Waals surface area contributed by atoms with Crippen molar-refractivity contribution in [1.29, 1.82) is 0 Å². The van der Waals surface area contributed by atoms with Crippen molar-refractivity contribution in [3.8, 4) is 45.3 Å². The number of nitrogens with zero attached hydrogens (tertiary/aromatic N) is 2. The number of hydrogen-bond acceptors (Lipinski definition) is 4. The first kappa shape index (κ1) is 35.5. The molecule has 0 amide bonds. The molecular formula is C58H44N2O2. The summed E-state index contributed by atoms with van der Waals surface area (Å²) in [6.07, 6.45) is 9.46. The van der Waals surface area contributed by atoms with Crippen LogP contribution in [0.5, 0.6) is 23.0 Å². The molecule has 2 aliphatic heterocycles. The minimum atomic E-state index is -0.172. The zero-order chi connectivity index (χ0) is 41.2. The summed E-state index contributed by atoms with van der Waals surface area (Å²) in [5, 5.41) is 0. The van der Waals surface area contributed by atoms with Crippen LogP contribution in [0.4, 0.5) is 34.1 Å². The lowest BCUT2D eigenvalue weighted by Crippen LogP contribution is -2.21. The summed E-state index contributed by atoms with van der Waals surface area (Å²) >= 11 is 0. The zero-order valence-electron chi connectivity index (χ0n) is 34.9. The van der Waals surface area contributed by atoms with E-state index in [4.69, 9.17) is 9.47 Å². The van der Waals surface area contributed by atoms with Gasteiger partial charge in [-0.25, -0.2) is 0 Å². The summed E-state index contributed by atoms with van der Waals surface area (Å²) in [5.74, 6) is 3.50. The first-order valence-electron chi connectivity index (χ1n) is 22.0. The number of anilines is 6. The van der Waals surface area contributed by atoms with Crippen molar-refractivity contribution >= 4 is 46.3 Å². The van der Waals surface area contributed by atoms with E-state index < -0.39 is 0 Å². The zero-order valence-corrected chi connectivity index (χ0v) is 34.9. The van der Waals surface area contributed by atoms with Crippen LogP contribution in [0.15, 0.2) is 170 Å². The van der Waals surface area contributed by atoms with Crippen LogP contribution in [0.1, 0.15) is 72.9 Å². The standard InChI is InChI=1S/C58H44N2O2/c1-57(2)45-33-37(23-27-41(45)42-29-25-39(35-46(42)57)59-49-13-3-7-17-53(49)61-54-18-8-4-14-50(54)59)21-22-38-24-28-43-44-30-26-40(36-48(44)58(47(43)34-38)31-11-12-32-58)60-51-15-5-9-19-55(51)62-56-20-10-6-16-52(56)60/h3-10,13-30,33-36H,11-12,31-32H2,1-2H3. The largest absolute Gasteiger partial charge is 0.453 e. The summed E-state index contributed by atoms with van der Waals surface area (Å²) in [6, 6.07) is 61.8. The first-order valence-corrected chi connectivity index (χ1v) is 22.0. The molecule has 8 aromatic rings. The third kappa shape index (κ3) is 5.07. The maximum atomic E-state index is 6.37. The minimum Gasteiger partial charge on any atom is -0.453 e. The van der Waals surface area contributed by atoms with Gasteiger partial charge in [-0.3, -0.25) is 0 Å². The summed E-state index contributed by atoms with van der Waals surface area (Å²) in [7, 11) is 0. The molecule has 5 aliphatic rings. The van der Waals surface area contributed by atoms with Gasteiger partial charge in [-0.15, -0.1) is 0 Å². The van der Waals surface area contributed by atoms with Crippen molar-refractivity contribution in [1.82, 2.24) is 0 Å². The van der Waals surface area contributed by atoms with Crippen molar-refractivity contribution < 1.29 is 9.47 Å². The normalized spacial score (nSPS) is 16.4. The molecule has 0 aromatic heterocycles. The highest BCUT2D eigenvalue weighted by molar-refractivity contribution is 5.92. The molecule has 8 aromatic carbocycles. The highest BCUT2D eigenvalue weighted by Crippen LogP contribution is 2.60. The third-order valence-corrected chi connectivity index (χ3v) is 14.4. The molecule has 4 nitrogen and oxygen atoms in total. The van der Waals surface area contributed by atoms with Gasteiger partial charge >= 0.3 is 0 Å². The Kier molecular flexibility index (Phi) is 7.49. The fraction of sp³-hybridized carbons (Fsp3) is 0.138. The molecule has 62 heavy (non-hydrogen) atoms. The number of para-hydroxylation sites is 8. The average Bonchev–Trinajstić information content (AvgIpc) is 3.98. The van der Waals surface area contributed by atoms with Gasteiger partial charge in [0.25, 0.3) is 0 Å². The second kappa shape index (κ2) is 13.1. The number of benzene rings is 8. The van der Waals surface area contributed by atoms with Gasteiger partial charge in [0, 0.05) is 22.2 Å². The van der Waals surface area contributed by atoms with Crippen LogP contribution in [0.25, 0.3) is 34.4 Å². The van der Waals surface area contributed by atoms with E-state index in [0.29, 0.717) is 0 Å². The van der Waals surface area contributed by atoms with Gasteiger partial charge < -0.3 is 19.3 Å². The Balaban J connectivity index is 0.824. The monoisotopic (exact) mass is 800 g/mol. The van der Waals surface area contributed by atoms with Crippen LogP contribution < -0.4 is 19.3 Å². The lowest BCUT2D eigenvalue weighted by atomic mass is 9.76. The van der Waals surface area contributed by atoms with Crippen molar-refractivity contribution in [2.24, 2.45) is 0 Å². The van der Waals surface area contributed by atoms with Gasteiger partial charge in [-0.05, 0) is 141 Å². The summed E-state index contributed by atoms with van der Waals surface area (Å²) in [6.45, 7) is 4.74. The molecule has 298 valence electrons. The van der Waals surface area contributed by atoms with E-state index in [0.717, 1.165) is 51.4 Å². The predicted octanol–water partition coefficient (Wildman–Crippen LogP) is 16.2. The molecule has 3 aliphatic carbocycles. The number of fused-ring (bicyclic) bond motifs is 12. The Morgan fingerprint density at radius 2 is 0.758 bits per heavy atom. The van der Waals surface area contributed by atoms with Crippen molar-refractivity contribution in [3.05, 3.63) is 203 Å². The Morgan fingerprint density at radius 1 is 0.403 bits per heavy atom. The molecule has 13 rings (SSSR count). The van der Waals surface area contributed by atoms with E-state index in [2.05, 4.69) is 194 Å². The van der Waals surface area contributed by atoms with Crippen molar-refractivity contribution in [2.45, 2.75) is 50.4 Å². The summed E-state index contributed by atoms with van der Waals surface area (Å²) in [5.41, 5.74) is 19.9. The van der Waals surface area contributed by atoms with Crippen LogP contribution in [0.2, 0.25) is 0 Å². The first-order chi connectivity index (χ1) is 30.4. The Bertz CT molecular complexity index is 3110. The Morgan fingerprint density at radius 3 is 1.23 bits per heavy atom. The molecule has 0 unspecified atom stereocenters. The van der Waals surface area contributed by atoms with E-state index in [1.54, 1.807) is 0 Å². The van der Waals surface area contributed by atoms with Gasteiger partial charge in [-0.2, -0.15) is 0 Å². The smallest absolute Gasteiger partial charge is 0.151 e. The topological polar surface area (TPSA) is 24.9 Å². The highest BCUT2D eigenvalue weighted by atomic mass is 16.5. The lowest BCUT2D eigenvalue weighted by molar-refractivity contribution is 0.476. The third-order valence-electron chi connectivity index (χ3n) is 14.4. The van der Waals surface area contributed by atoms with Gasteiger partial charge in [-0.1, -0.05) is 136 Å². The predicted molar refractivity (Wildman–Crippen MR) is 254 cm³/mol. The van der Waals surface area contributed by atoms with E-state index in [1.165, 1.54) is 87.0 Å². The van der Waals surface area contributed by atoms with Gasteiger partial charge in [0.15, 0.2) is 23.0 Å². The van der Waals surface area contributed by atoms with Crippen molar-refractivity contribution in [2.75, 3.05) is 9.80 Å². The van der Waals surface area contributed by atoms with E-state index in [-0.39, 0.29) is 10.8 Å². The Labute approximate surface area is 363 Å². The van der Waals surface area contributed by atoms with E-state index >= 15 is 0 Å². The number of rotatable bonds is 4. The molecule has 1 saturated carbocycles. The van der Waals surface area contributed by atoms with Crippen LogP contribution in [-0.4, -0.2) is 0 Å². The van der Waals surface area contributed by atoms with Gasteiger partial charge in [0.05, 0.1) is 22.7 Å². The fourth-order valence-corrected chi connectivity index (χ4v) is 11.4.